The molecule has 0 heterocycles. The molecule has 1 aliphatic carbocycles. The van der Waals surface area contributed by atoms with Crippen LogP contribution in [0.2, 0.25) is 25.7 Å². The molecule has 0 bridgehead atoms. The van der Waals surface area contributed by atoms with Crippen LogP contribution >= 0.6 is 0 Å². The van der Waals surface area contributed by atoms with E-state index in [0.29, 0.717) is 32.3 Å². The Balaban J connectivity index is 1.98. The molecule has 7 nitrogen and oxygen atoms in total. The molecule has 0 spiro atoms. The van der Waals surface area contributed by atoms with Gasteiger partial charge in [0.2, 0.25) is 10.0 Å². The summed E-state index contributed by atoms with van der Waals surface area (Å²) in [5, 5.41) is 13.7. The second-order valence-corrected chi connectivity index (χ2v) is 17.6. The highest BCUT2D eigenvalue weighted by Gasteiger charge is 2.33. The minimum Gasteiger partial charge on any atom is -0.450 e. The second kappa shape index (κ2) is 11.6. The summed E-state index contributed by atoms with van der Waals surface area (Å²) in [6.45, 7) is 9.21. The van der Waals surface area contributed by atoms with Crippen molar-refractivity contribution in [2.45, 2.75) is 94.1 Å². The quantitative estimate of drug-likeness (QED) is 0.409. The van der Waals surface area contributed by atoms with Crippen molar-refractivity contribution in [2.75, 3.05) is 13.2 Å². The summed E-state index contributed by atoms with van der Waals surface area (Å²) >= 11 is 0. The van der Waals surface area contributed by atoms with Crippen molar-refractivity contribution in [1.82, 2.24) is 10.0 Å². The van der Waals surface area contributed by atoms with Crippen LogP contribution in [0.15, 0.2) is 29.2 Å². The summed E-state index contributed by atoms with van der Waals surface area (Å²) in [7, 11) is -5.01. The maximum Gasteiger partial charge on any atom is 0.407 e. The zero-order valence-electron chi connectivity index (χ0n) is 19.9. The summed E-state index contributed by atoms with van der Waals surface area (Å²) in [5.74, 6) is 0. The third kappa shape index (κ3) is 9.60. The number of aryl methyl sites for hydroxylation is 1. The molecule has 0 saturated heterocycles. The highest BCUT2D eigenvalue weighted by atomic mass is 32.2. The zero-order chi connectivity index (χ0) is 23.8. The number of nitrogens with one attached hydrogen (secondary N) is 2. The fourth-order valence-electron chi connectivity index (χ4n) is 3.93. The van der Waals surface area contributed by atoms with Crippen LogP contribution in [0.1, 0.15) is 50.5 Å². The maximum atomic E-state index is 12.9. The van der Waals surface area contributed by atoms with Gasteiger partial charge in [0.1, 0.15) is 0 Å². The molecule has 182 valence electrons. The molecule has 2 rings (SSSR count). The predicted octanol–water partition coefficient (Wildman–Crippen LogP) is 4.18. The Kier molecular flexibility index (Phi) is 9.75. The van der Waals surface area contributed by atoms with Crippen LogP contribution in [0.25, 0.3) is 0 Å². The van der Waals surface area contributed by atoms with E-state index in [9.17, 15) is 18.3 Å². The van der Waals surface area contributed by atoms with Gasteiger partial charge in [-0.25, -0.2) is 17.9 Å². The number of sulfonamides is 1. The average Bonchev–Trinajstić information content (AvgIpc) is 2.67. The number of benzene rings is 1. The highest BCUT2D eigenvalue weighted by molar-refractivity contribution is 7.89. The molecule has 1 saturated carbocycles. The topological polar surface area (TPSA) is 105 Å². The van der Waals surface area contributed by atoms with Gasteiger partial charge in [-0.2, -0.15) is 0 Å². The van der Waals surface area contributed by atoms with Crippen molar-refractivity contribution in [3.63, 3.8) is 0 Å². The number of carbonyl (C=O) groups excluding carboxylic acids is 1. The molecule has 32 heavy (non-hydrogen) atoms. The summed E-state index contributed by atoms with van der Waals surface area (Å²) in [4.78, 5) is 12.2. The van der Waals surface area contributed by atoms with Crippen molar-refractivity contribution in [1.29, 1.82) is 0 Å². The largest absolute Gasteiger partial charge is 0.450 e. The van der Waals surface area contributed by atoms with E-state index in [2.05, 4.69) is 29.7 Å². The molecule has 0 aliphatic heterocycles. The minimum atomic E-state index is -3.74. The Morgan fingerprint density at radius 3 is 2.38 bits per heavy atom. The third-order valence-corrected chi connectivity index (χ3v) is 9.15. The molecule has 9 heteroatoms. The highest BCUT2D eigenvalue weighted by Crippen LogP contribution is 2.32. The van der Waals surface area contributed by atoms with Crippen LogP contribution in [0.3, 0.4) is 0 Å². The van der Waals surface area contributed by atoms with E-state index in [-0.39, 0.29) is 11.4 Å². The van der Waals surface area contributed by atoms with Gasteiger partial charge in [-0.3, -0.25) is 0 Å². The first-order chi connectivity index (χ1) is 14.9. The number of hydrogen-bond donors (Lipinski definition) is 3. The molecule has 1 unspecified atom stereocenters. The summed E-state index contributed by atoms with van der Waals surface area (Å²) in [6.07, 6.45) is 4.52. The van der Waals surface area contributed by atoms with Gasteiger partial charge < -0.3 is 15.2 Å². The third-order valence-electron chi connectivity index (χ3n) is 5.91. The number of alkyl carbamates (subject to hydrolysis) is 1. The fourth-order valence-corrected chi connectivity index (χ4v) is 5.91. The van der Waals surface area contributed by atoms with E-state index in [0.717, 1.165) is 30.9 Å². The normalized spacial score (nSPS) is 17.5. The summed E-state index contributed by atoms with van der Waals surface area (Å²) in [5.41, 5.74) is 0.102. The molecule has 0 radical (unpaired) electrons. The van der Waals surface area contributed by atoms with Gasteiger partial charge in [0.15, 0.2) is 0 Å². The van der Waals surface area contributed by atoms with Gasteiger partial charge >= 0.3 is 6.09 Å². The first-order valence-electron chi connectivity index (χ1n) is 11.6. The standard InChI is InChI=1S/C23H40N2O5SSi/c1-19-8-10-21(11-9-19)31(28,29)25-20(18-23(27)13-6-5-7-14-23)12-15-24-22(26)30-16-17-32(2,3)4/h8-11,20,25,27H,5-7,12-18H2,1-4H3,(H,24,26). The maximum absolute atomic E-state index is 12.9. The Morgan fingerprint density at radius 1 is 1.16 bits per heavy atom. The molecule has 1 aliphatic rings. The van der Waals surface area contributed by atoms with Crippen LogP contribution < -0.4 is 10.0 Å². The lowest BCUT2D eigenvalue weighted by Gasteiger charge is -2.35. The van der Waals surface area contributed by atoms with E-state index >= 15 is 0 Å². The van der Waals surface area contributed by atoms with Crippen molar-refractivity contribution in [2.24, 2.45) is 0 Å². The van der Waals surface area contributed by atoms with E-state index in [1.54, 1.807) is 24.3 Å². The van der Waals surface area contributed by atoms with Gasteiger partial charge in [-0.15, -0.1) is 0 Å². The lowest BCUT2D eigenvalue weighted by molar-refractivity contribution is -0.0110. The SMILES string of the molecule is Cc1ccc(S(=O)(=O)NC(CCNC(=O)OCC[Si](C)(C)C)CC2(O)CCCCC2)cc1. The first kappa shape index (κ1) is 26.8. The Hall–Kier alpha value is -1.42. The molecule has 1 amide bonds. The molecule has 0 aromatic heterocycles. The number of hydrogen-bond acceptors (Lipinski definition) is 5. The van der Waals surface area contributed by atoms with Crippen LogP contribution in [0.4, 0.5) is 4.79 Å². The number of rotatable bonds is 11. The van der Waals surface area contributed by atoms with Gasteiger partial charge in [0, 0.05) is 20.7 Å². The van der Waals surface area contributed by atoms with Gasteiger partial charge in [-0.1, -0.05) is 56.6 Å². The lowest BCUT2D eigenvalue weighted by Crippen LogP contribution is -2.45. The fraction of sp³-hybridized carbons (Fsp3) is 0.696. The Bertz CT molecular complexity index is 831. The van der Waals surface area contributed by atoms with Crippen LogP contribution in [-0.4, -0.2) is 52.5 Å². The molecule has 1 aromatic carbocycles. The van der Waals surface area contributed by atoms with E-state index in [1.807, 2.05) is 6.92 Å². The number of aliphatic hydroxyl groups is 1. The minimum absolute atomic E-state index is 0.197. The van der Waals surface area contributed by atoms with Crippen LogP contribution in [-0.2, 0) is 14.8 Å². The van der Waals surface area contributed by atoms with Crippen molar-refractivity contribution >= 4 is 24.2 Å². The molecule has 1 atom stereocenters. The van der Waals surface area contributed by atoms with Gasteiger partial charge in [0.05, 0.1) is 17.1 Å². The number of ether oxygens (including phenoxy) is 1. The molecule has 3 N–H and O–H groups in total. The first-order valence-corrected chi connectivity index (χ1v) is 16.8. The molecule has 1 fully saturated rings. The average molecular weight is 485 g/mol. The second-order valence-electron chi connectivity index (χ2n) is 10.3. The summed E-state index contributed by atoms with van der Waals surface area (Å²) in [6, 6.07) is 7.08. The van der Waals surface area contributed by atoms with Gasteiger partial charge in [-0.05, 0) is 50.8 Å². The van der Waals surface area contributed by atoms with Crippen LogP contribution in [0.5, 0.6) is 0 Å². The number of amides is 1. The van der Waals surface area contributed by atoms with Gasteiger partial charge in [0.25, 0.3) is 0 Å². The molecule has 1 aromatic rings. The Morgan fingerprint density at radius 2 is 1.78 bits per heavy atom. The molecular weight excluding hydrogens is 444 g/mol. The van der Waals surface area contributed by atoms with Crippen molar-refractivity contribution in [3.8, 4) is 0 Å². The predicted molar refractivity (Wildman–Crippen MR) is 130 cm³/mol. The number of carbonyl (C=O) groups is 1. The lowest BCUT2D eigenvalue weighted by atomic mass is 9.80. The van der Waals surface area contributed by atoms with Crippen molar-refractivity contribution < 1.29 is 23.1 Å². The van der Waals surface area contributed by atoms with E-state index in [1.165, 1.54) is 0 Å². The van der Waals surface area contributed by atoms with E-state index < -0.39 is 35.8 Å². The smallest absolute Gasteiger partial charge is 0.407 e. The van der Waals surface area contributed by atoms with Crippen LogP contribution in [0, 0.1) is 6.92 Å². The van der Waals surface area contributed by atoms with Crippen molar-refractivity contribution in [3.05, 3.63) is 29.8 Å². The monoisotopic (exact) mass is 484 g/mol. The Labute approximate surface area is 194 Å². The van der Waals surface area contributed by atoms with E-state index in [4.69, 9.17) is 4.74 Å². The molecular formula is C23H40N2O5SSi. The zero-order valence-corrected chi connectivity index (χ0v) is 21.8. The summed E-state index contributed by atoms with van der Waals surface area (Å²) < 4.78 is 33.9.